The van der Waals surface area contributed by atoms with Crippen molar-refractivity contribution in [2.24, 2.45) is 0 Å². The van der Waals surface area contributed by atoms with Gasteiger partial charge in [-0.1, -0.05) is 19.1 Å². The van der Waals surface area contributed by atoms with Crippen LogP contribution < -0.4 is 5.32 Å². The minimum absolute atomic E-state index is 0.899. The summed E-state index contributed by atoms with van der Waals surface area (Å²) in [6.45, 7) is 5.16. The second-order valence-electron chi connectivity index (χ2n) is 4.00. The number of imidazole rings is 1. The van der Waals surface area contributed by atoms with Crippen LogP contribution >= 0.6 is 15.9 Å². The highest BCUT2D eigenvalue weighted by molar-refractivity contribution is 9.10. The molecular weight excluding hydrogens is 278 g/mol. The second kappa shape index (κ2) is 5.36. The molecule has 0 spiro atoms. The first kappa shape index (κ1) is 12.2. The highest BCUT2D eigenvalue weighted by Crippen LogP contribution is 2.25. The summed E-state index contributed by atoms with van der Waals surface area (Å²) in [5.41, 5.74) is 2.07. The van der Waals surface area contributed by atoms with Gasteiger partial charge in [-0.05, 0) is 41.4 Å². The van der Waals surface area contributed by atoms with Gasteiger partial charge < -0.3 is 9.88 Å². The number of benzene rings is 1. The van der Waals surface area contributed by atoms with Crippen LogP contribution in [-0.4, -0.2) is 9.55 Å². The van der Waals surface area contributed by atoms with Crippen molar-refractivity contribution in [1.82, 2.24) is 9.55 Å². The summed E-state index contributed by atoms with van der Waals surface area (Å²) in [4.78, 5) is 4.50. The van der Waals surface area contributed by atoms with Gasteiger partial charge in [0.25, 0.3) is 0 Å². The molecule has 0 saturated heterocycles. The van der Waals surface area contributed by atoms with Gasteiger partial charge in [-0.15, -0.1) is 0 Å². The number of aryl methyl sites for hydroxylation is 2. The Morgan fingerprint density at radius 3 is 2.82 bits per heavy atom. The Kier molecular flexibility index (Phi) is 3.84. The van der Waals surface area contributed by atoms with E-state index in [-0.39, 0.29) is 0 Å². The largest absolute Gasteiger partial charge is 0.325 e. The first-order chi connectivity index (χ1) is 8.20. The predicted octanol–water partition coefficient (Wildman–Crippen LogP) is 4.11. The minimum Gasteiger partial charge on any atom is -0.325 e. The van der Waals surface area contributed by atoms with Crippen LogP contribution in [-0.2, 0) is 6.54 Å². The molecule has 0 fully saturated rings. The van der Waals surface area contributed by atoms with Gasteiger partial charge in [-0.2, -0.15) is 0 Å². The van der Waals surface area contributed by atoms with Gasteiger partial charge >= 0.3 is 0 Å². The lowest BCUT2D eigenvalue weighted by Crippen LogP contribution is -2.02. The molecule has 2 aromatic rings. The Balaban J connectivity index is 2.26. The van der Waals surface area contributed by atoms with Crippen LogP contribution in [0, 0.1) is 6.92 Å². The zero-order valence-corrected chi connectivity index (χ0v) is 11.7. The first-order valence-corrected chi connectivity index (χ1v) is 6.55. The number of hydrogen-bond donors (Lipinski definition) is 1. The Labute approximate surface area is 110 Å². The molecule has 1 aromatic heterocycles. The molecule has 4 heteroatoms. The highest BCUT2D eigenvalue weighted by atomic mass is 79.9. The molecule has 3 nitrogen and oxygen atoms in total. The maximum absolute atomic E-state index is 4.50. The van der Waals surface area contributed by atoms with E-state index in [0.29, 0.717) is 0 Å². The normalized spacial score (nSPS) is 10.5. The predicted molar refractivity (Wildman–Crippen MR) is 74.7 cm³/mol. The summed E-state index contributed by atoms with van der Waals surface area (Å²) in [6.07, 6.45) is 3.17. The molecule has 0 aliphatic carbocycles. The van der Waals surface area contributed by atoms with Crippen molar-refractivity contribution in [3.8, 4) is 0 Å². The Hall–Kier alpha value is -1.29. The fourth-order valence-electron chi connectivity index (χ4n) is 1.74. The summed E-state index contributed by atoms with van der Waals surface area (Å²) in [5, 5.41) is 3.35. The van der Waals surface area contributed by atoms with E-state index >= 15 is 0 Å². The van der Waals surface area contributed by atoms with Gasteiger partial charge in [-0.3, -0.25) is 0 Å². The molecule has 2 rings (SSSR count). The van der Waals surface area contributed by atoms with Crippen molar-refractivity contribution >= 4 is 27.6 Å². The van der Waals surface area contributed by atoms with E-state index in [1.807, 2.05) is 31.2 Å². The van der Waals surface area contributed by atoms with E-state index in [2.05, 4.69) is 43.9 Å². The van der Waals surface area contributed by atoms with Crippen molar-refractivity contribution < 1.29 is 0 Å². The summed E-state index contributed by atoms with van der Waals surface area (Å²) in [6, 6.07) is 8.05. The number of rotatable bonds is 4. The molecule has 0 amide bonds. The SMILES string of the molecule is CCCn1cc(C)nc1Nc1ccccc1Br. The summed E-state index contributed by atoms with van der Waals surface area (Å²) in [5.74, 6) is 0.899. The van der Waals surface area contributed by atoms with Gasteiger partial charge in [-0.25, -0.2) is 4.98 Å². The number of nitrogens with one attached hydrogen (secondary N) is 1. The number of aromatic nitrogens is 2. The van der Waals surface area contributed by atoms with Crippen LogP contribution in [0.3, 0.4) is 0 Å². The van der Waals surface area contributed by atoms with E-state index in [9.17, 15) is 0 Å². The third kappa shape index (κ3) is 2.88. The molecule has 0 aliphatic heterocycles. The summed E-state index contributed by atoms with van der Waals surface area (Å²) < 4.78 is 3.19. The van der Waals surface area contributed by atoms with E-state index in [1.165, 1.54) is 0 Å². The molecule has 0 saturated carbocycles. The van der Waals surface area contributed by atoms with Crippen molar-refractivity contribution in [1.29, 1.82) is 0 Å². The summed E-state index contributed by atoms with van der Waals surface area (Å²) in [7, 11) is 0. The number of halogens is 1. The zero-order chi connectivity index (χ0) is 12.3. The monoisotopic (exact) mass is 293 g/mol. The average Bonchev–Trinajstić information content (AvgIpc) is 2.63. The van der Waals surface area contributed by atoms with E-state index < -0.39 is 0 Å². The number of nitrogens with zero attached hydrogens (tertiary/aromatic N) is 2. The number of anilines is 2. The van der Waals surface area contributed by atoms with Gasteiger partial charge in [0.1, 0.15) is 0 Å². The van der Waals surface area contributed by atoms with Crippen molar-refractivity contribution in [3.63, 3.8) is 0 Å². The van der Waals surface area contributed by atoms with Crippen LogP contribution in [0.5, 0.6) is 0 Å². The molecule has 17 heavy (non-hydrogen) atoms. The van der Waals surface area contributed by atoms with Gasteiger partial charge in [0, 0.05) is 17.2 Å². The van der Waals surface area contributed by atoms with Crippen LogP contribution in [0.15, 0.2) is 34.9 Å². The summed E-state index contributed by atoms with van der Waals surface area (Å²) >= 11 is 3.52. The van der Waals surface area contributed by atoms with Gasteiger partial charge in [0.2, 0.25) is 5.95 Å². The van der Waals surface area contributed by atoms with Crippen molar-refractivity contribution in [3.05, 3.63) is 40.6 Å². The lowest BCUT2D eigenvalue weighted by molar-refractivity contribution is 0.686. The number of hydrogen-bond acceptors (Lipinski definition) is 2. The maximum atomic E-state index is 4.50. The smallest absolute Gasteiger partial charge is 0.207 e. The van der Waals surface area contributed by atoms with E-state index in [0.717, 1.165) is 34.8 Å². The first-order valence-electron chi connectivity index (χ1n) is 5.76. The van der Waals surface area contributed by atoms with E-state index in [4.69, 9.17) is 0 Å². The standard InChI is InChI=1S/C13H16BrN3/c1-3-8-17-9-10(2)15-13(17)16-12-7-5-4-6-11(12)14/h4-7,9H,3,8H2,1-2H3,(H,15,16). The molecule has 1 N–H and O–H groups in total. The fraction of sp³-hybridized carbons (Fsp3) is 0.308. The zero-order valence-electron chi connectivity index (χ0n) is 10.1. The Morgan fingerprint density at radius 1 is 1.35 bits per heavy atom. The van der Waals surface area contributed by atoms with Crippen molar-refractivity contribution in [2.45, 2.75) is 26.8 Å². The second-order valence-corrected chi connectivity index (χ2v) is 4.86. The Bertz CT molecular complexity index is 505. The molecule has 0 bridgehead atoms. The van der Waals surface area contributed by atoms with Crippen LogP contribution in [0.2, 0.25) is 0 Å². The molecule has 90 valence electrons. The Morgan fingerprint density at radius 2 is 2.12 bits per heavy atom. The third-order valence-corrected chi connectivity index (χ3v) is 3.17. The lowest BCUT2D eigenvalue weighted by atomic mass is 10.3. The maximum Gasteiger partial charge on any atom is 0.207 e. The topological polar surface area (TPSA) is 29.9 Å². The minimum atomic E-state index is 0.899. The molecule has 0 aliphatic rings. The fourth-order valence-corrected chi connectivity index (χ4v) is 2.12. The van der Waals surface area contributed by atoms with E-state index in [1.54, 1.807) is 0 Å². The molecule has 0 radical (unpaired) electrons. The molecule has 0 atom stereocenters. The third-order valence-electron chi connectivity index (χ3n) is 2.48. The lowest BCUT2D eigenvalue weighted by Gasteiger charge is -2.09. The molecule has 1 heterocycles. The van der Waals surface area contributed by atoms with Crippen LogP contribution in [0.4, 0.5) is 11.6 Å². The quantitative estimate of drug-likeness (QED) is 0.919. The van der Waals surface area contributed by atoms with Crippen molar-refractivity contribution in [2.75, 3.05) is 5.32 Å². The molecule has 0 unspecified atom stereocenters. The van der Waals surface area contributed by atoms with Gasteiger partial charge in [0.05, 0.1) is 11.4 Å². The van der Waals surface area contributed by atoms with Crippen LogP contribution in [0.25, 0.3) is 0 Å². The van der Waals surface area contributed by atoms with Crippen LogP contribution in [0.1, 0.15) is 19.0 Å². The van der Waals surface area contributed by atoms with Gasteiger partial charge in [0.15, 0.2) is 0 Å². The molecule has 1 aromatic carbocycles. The average molecular weight is 294 g/mol. The molecular formula is C13H16BrN3. The highest BCUT2D eigenvalue weighted by Gasteiger charge is 2.06. The number of para-hydroxylation sites is 1.